The lowest BCUT2D eigenvalue weighted by Crippen LogP contribution is -2.10. The molecule has 1 heterocycles. The van der Waals surface area contributed by atoms with Gasteiger partial charge < -0.3 is 11.1 Å². The highest BCUT2D eigenvalue weighted by Gasteiger charge is 2.31. The Labute approximate surface area is 121 Å². The number of pyridine rings is 1. The number of nitrogens with one attached hydrogen (secondary N) is 1. The Morgan fingerprint density at radius 1 is 1.14 bits per heavy atom. The Morgan fingerprint density at radius 3 is 2.43 bits per heavy atom. The summed E-state index contributed by atoms with van der Waals surface area (Å²) in [5.41, 5.74) is 7.23. The molecular formula is C15H16F3N3. The van der Waals surface area contributed by atoms with Gasteiger partial charge in [-0.1, -0.05) is 0 Å². The van der Waals surface area contributed by atoms with E-state index in [1.807, 2.05) is 6.92 Å². The van der Waals surface area contributed by atoms with E-state index in [0.29, 0.717) is 23.4 Å². The number of anilines is 1. The van der Waals surface area contributed by atoms with Gasteiger partial charge in [0.2, 0.25) is 0 Å². The third-order valence-electron chi connectivity index (χ3n) is 2.99. The predicted octanol–water partition coefficient (Wildman–Crippen LogP) is 3.38. The van der Waals surface area contributed by atoms with E-state index in [-0.39, 0.29) is 5.82 Å². The highest BCUT2D eigenvalue weighted by molar-refractivity contribution is 5.64. The average Bonchev–Trinajstić information content (AvgIpc) is 2.36. The molecule has 2 rings (SSSR count). The van der Waals surface area contributed by atoms with E-state index < -0.39 is 11.7 Å². The fraction of sp³-hybridized carbons (Fsp3) is 0.267. The second-order valence-electron chi connectivity index (χ2n) is 4.90. The van der Waals surface area contributed by atoms with Gasteiger partial charge in [0.05, 0.1) is 11.3 Å². The smallest absolute Gasteiger partial charge is 0.384 e. The van der Waals surface area contributed by atoms with Gasteiger partial charge in [-0.2, -0.15) is 13.2 Å². The van der Waals surface area contributed by atoms with E-state index in [9.17, 15) is 13.2 Å². The number of halogens is 3. The Balaban J connectivity index is 2.59. The summed E-state index contributed by atoms with van der Waals surface area (Å²) < 4.78 is 39.0. The van der Waals surface area contributed by atoms with E-state index in [1.54, 1.807) is 25.2 Å². The van der Waals surface area contributed by atoms with Crippen molar-refractivity contribution in [3.05, 3.63) is 47.0 Å². The fourth-order valence-corrected chi connectivity index (χ4v) is 2.15. The van der Waals surface area contributed by atoms with Crippen molar-refractivity contribution in [3.8, 4) is 11.3 Å². The van der Waals surface area contributed by atoms with Crippen molar-refractivity contribution in [1.29, 1.82) is 0 Å². The van der Waals surface area contributed by atoms with E-state index >= 15 is 0 Å². The summed E-state index contributed by atoms with van der Waals surface area (Å²) in [6.07, 6.45) is -4.39. The molecule has 1 aromatic heterocycles. The first-order valence-electron chi connectivity index (χ1n) is 6.40. The zero-order valence-electron chi connectivity index (χ0n) is 11.8. The number of aromatic nitrogens is 1. The highest BCUT2D eigenvalue weighted by Crippen LogP contribution is 2.33. The number of rotatable bonds is 3. The van der Waals surface area contributed by atoms with Crippen molar-refractivity contribution < 1.29 is 13.2 Å². The Hall–Kier alpha value is -2.08. The molecule has 112 valence electrons. The van der Waals surface area contributed by atoms with Gasteiger partial charge in [-0.3, -0.25) is 0 Å². The second-order valence-corrected chi connectivity index (χ2v) is 4.90. The standard InChI is InChI=1S/C15H16F3N3/c1-9-3-13(21-14(19)4-9)11-5-10(8-20-2)6-12(7-11)15(16,17)18/h3-7,20H,8H2,1-2H3,(H2,19,21). The molecule has 6 heteroatoms. The first-order valence-corrected chi connectivity index (χ1v) is 6.40. The minimum atomic E-state index is -4.39. The lowest BCUT2D eigenvalue weighted by Gasteiger charge is -2.12. The van der Waals surface area contributed by atoms with Crippen LogP contribution in [-0.2, 0) is 12.7 Å². The van der Waals surface area contributed by atoms with E-state index in [1.165, 1.54) is 0 Å². The summed E-state index contributed by atoms with van der Waals surface area (Å²) in [5, 5.41) is 2.85. The number of hydrogen-bond donors (Lipinski definition) is 2. The van der Waals surface area contributed by atoms with Crippen molar-refractivity contribution in [3.63, 3.8) is 0 Å². The minimum absolute atomic E-state index is 0.289. The molecule has 0 aliphatic heterocycles. The maximum Gasteiger partial charge on any atom is 0.416 e. The number of nitrogens with zero attached hydrogens (tertiary/aromatic N) is 1. The average molecular weight is 295 g/mol. The number of benzene rings is 1. The Kier molecular flexibility index (Phi) is 4.18. The largest absolute Gasteiger partial charge is 0.416 e. The summed E-state index contributed by atoms with van der Waals surface area (Å²) in [6.45, 7) is 2.17. The first kappa shape index (κ1) is 15.3. The Morgan fingerprint density at radius 2 is 1.86 bits per heavy atom. The normalized spacial score (nSPS) is 11.7. The SMILES string of the molecule is CNCc1cc(-c2cc(C)cc(N)n2)cc(C(F)(F)F)c1. The Bertz CT molecular complexity index is 631. The molecule has 0 atom stereocenters. The van der Waals surface area contributed by atoms with Crippen LogP contribution in [0, 0.1) is 6.92 Å². The molecule has 0 spiro atoms. The fourth-order valence-electron chi connectivity index (χ4n) is 2.15. The maximum absolute atomic E-state index is 13.0. The molecule has 0 saturated heterocycles. The van der Waals surface area contributed by atoms with Crippen molar-refractivity contribution in [1.82, 2.24) is 10.3 Å². The molecule has 1 aromatic carbocycles. The molecule has 2 aromatic rings. The molecule has 0 fully saturated rings. The minimum Gasteiger partial charge on any atom is -0.384 e. The molecule has 0 saturated carbocycles. The van der Waals surface area contributed by atoms with Crippen molar-refractivity contribution in [2.45, 2.75) is 19.6 Å². The van der Waals surface area contributed by atoms with Crippen LogP contribution in [0.25, 0.3) is 11.3 Å². The van der Waals surface area contributed by atoms with Crippen LogP contribution in [0.5, 0.6) is 0 Å². The van der Waals surface area contributed by atoms with Gasteiger partial charge in [-0.05, 0) is 55.4 Å². The number of nitrogen functional groups attached to an aromatic ring is 1. The molecule has 0 aliphatic rings. The van der Waals surface area contributed by atoms with Gasteiger partial charge >= 0.3 is 6.18 Å². The summed E-state index contributed by atoms with van der Waals surface area (Å²) in [4.78, 5) is 4.12. The topological polar surface area (TPSA) is 50.9 Å². The van der Waals surface area contributed by atoms with Crippen LogP contribution in [0.3, 0.4) is 0 Å². The van der Waals surface area contributed by atoms with Crippen molar-refractivity contribution in [2.75, 3.05) is 12.8 Å². The summed E-state index contributed by atoms with van der Waals surface area (Å²) >= 11 is 0. The molecule has 0 aliphatic carbocycles. The maximum atomic E-state index is 13.0. The monoisotopic (exact) mass is 295 g/mol. The molecule has 0 bridgehead atoms. The third kappa shape index (κ3) is 3.72. The second kappa shape index (κ2) is 5.73. The summed E-state index contributed by atoms with van der Waals surface area (Å²) in [6, 6.07) is 7.31. The van der Waals surface area contributed by atoms with E-state index in [4.69, 9.17) is 5.73 Å². The van der Waals surface area contributed by atoms with Gasteiger partial charge in [0.1, 0.15) is 5.82 Å². The van der Waals surface area contributed by atoms with Gasteiger partial charge in [0, 0.05) is 12.1 Å². The van der Waals surface area contributed by atoms with E-state index in [2.05, 4.69) is 10.3 Å². The van der Waals surface area contributed by atoms with Crippen LogP contribution in [0.1, 0.15) is 16.7 Å². The van der Waals surface area contributed by atoms with Crippen LogP contribution in [0.4, 0.5) is 19.0 Å². The van der Waals surface area contributed by atoms with E-state index in [0.717, 1.165) is 17.7 Å². The first-order chi connectivity index (χ1) is 9.79. The molecule has 3 nitrogen and oxygen atoms in total. The van der Waals surface area contributed by atoms with Crippen LogP contribution >= 0.6 is 0 Å². The zero-order valence-corrected chi connectivity index (χ0v) is 11.8. The van der Waals surface area contributed by atoms with Gasteiger partial charge in [0.15, 0.2) is 0 Å². The molecule has 3 N–H and O–H groups in total. The zero-order chi connectivity index (χ0) is 15.6. The van der Waals surface area contributed by atoms with Crippen LogP contribution in [0.15, 0.2) is 30.3 Å². The number of alkyl halides is 3. The van der Waals surface area contributed by atoms with Crippen LogP contribution in [0.2, 0.25) is 0 Å². The van der Waals surface area contributed by atoms with Crippen molar-refractivity contribution >= 4 is 5.82 Å². The number of nitrogens with two attached hydrogens (primary N) is 1. The predicted molar refractivity (Wildman–Crippen MR) is 76.6 cm³/mol. The number of aryl methyl sites for hydroxylation is 1. The molecule has 0 unspecified atom stereocenters. The molecule has 0 radical (unpaired) electrons. The van der Waals surface area contributed by atoms with Gasteiger partial charge in [0.25, 0.3) is 0 Å². The van der Waals surface area contributed by atoms with Gasteiger partial charge in [-0.25, -0.2) is 4.98 Å². The van der Waals surface area contributed by atoms with Crippen LogP contribution in [-0.4, -0.2) is 12.0 Å². The lowest BCUT2D eigenvalue weighted by atomic mass is 10.0. The quantitative estimate of drug-likeness (QED) is 0.912. The van der Waals surface area contributed by atoms with Crippen molar-refractivity contribution in [2.24, 2.45) is 0 Å². The lowest BCUT2D eigenvalue weighted by molar-refractivity contribution is -0.137. The summed E-state index contributed by atoms with van der Waals surface area (Å²) in [5.74, 6) is 0.289. The van der Waals surface area contributed by atoms with Gasteiger partial charge in [-0.15, -0.1) is 0 Å². The third-order valence-corrected chi connectivity index (χ3v) is 2.99. The molecule has 21 heavy (non-hydrogen) atoms. The highest BCUT2D eigenvalue weighted by atomic mass is 19.4. The molecular weight excluding hydrogens is 279 g/mol. The molecule has 0 amide bonds. The van der Waals surface area contributed by atoms with Crippen LogP contribution < -0.4 is 11.1 Å². The summed E-state index contributed by atoms with van der Waals surface area (Å²) in [7, 11) is 1.68. The number of hydrogen-bond acceptors (Lipinski definition) is 3.